The Morgan fingerprint density at radius 3 is 2.24 bits per heavy atom. The fourth-order valence-electron chi connectivity index (χ4n) is 2.15. The quantitative estimate of drug-likeness (QED) is 0.826. The smallest absolute Gasteiger partial charge is 0.244 e. The molecule has 2 aromatic rings. The Kier molecular flexibility index (Phi) is 5.29. The average molecular weight is 280 g/mol. The van der Waals surface area contributed by atoms with Gasteiger partial charge in [0.2, 0.25) is 5.91 Å². The molecule has 1 amide bonds. The highest BCUT2D eigenvalue weighted by atomic mass is 16.2. The summed E-state index contributed by atoms with van der Waals surface area (Å²) >= 11 is 0. The number of carbonyl (C=O) groups excluding carboxylic acids is 1. The van der Waals surface area contributed by atoms with Crippen molar-refractivity contribution < 1.29 is 4.79 Å². The number of anilines is 1. The summed E-state index contributed by atoms with van der Waals surface area (Å²) in [4.78, 5) is 14.3. The van der Waals surface area contributed by atoms with Crippen LogP contribution < -0.4 is 10.6 Å². The molecule has 2 rings (SSSR count). The summed E-state index contributed by atoms with van der Waals surface area (Å²) in [7, 11) is 0. The molecule has 1 atom stereocenters. The van der Waals surface area contributed by atoms with Gasteiger partial charge in [-0.15, -0.1) is 6.58 Å². The standard InChI is InChI=1S/C18H20N2O/c1-2-9-17(19)18(21)20(16-12-7-4-8-13-16)14-15-10-5-3-6-11-15/h2-8,10-13,17H,1,9,14,19H2. The van der Waals surface area contributed by atoms with Gasteiger partial charge in [-0.25, -0.2) is 0 Å². The largest absolute Gasteiger partial charge is 0.320 e. The molecule has 2 N–H and O–H groups in total. The molecule has 3 heteroatoms. The maximum absolute atomic E-state index is 12.6. The van der Waals surface area contributed by atoms with Gasteiger partial charge in [0.05, 0.1) is 12.6 Å². The minimum Gasteiger partial charge on any atom is -0.320 e. The van der Waals surface area contributed by atoms with E-state index in [1.165, 1.54) is 0 Å². The second-order valence-corrected chi connectivity index (χ2v) is 4.88. The highest BCUT2D eigenvalue weighted by Gasteiger charge is 2.21. The molecule has 0 fully saturated rings. The maximum Gasteiger partial charge on any atom is 0.244 e. The monoisotopic (exact) mass is 280 g/mol. The molecule has 2 aromatic carbocycles. The summed E-state index contributed by atoms with van der Waals surface area (Å²) in [6.45, 7) is 4.16. The Morgan fingerprint density at radius 2 is 1.67 bits per heavy atom. The Hall–Kier alpha value is -2.39. The molecule has 0 aliphatic rings. The Morgan fingerprint density at radius 1 is 1.10 bits per heavy atom. The molecule has 1 unspecified atom stereocenters. The first-order valence-corrected chi connectivity index (χ1v) is 6.99. The lowest BCUT2D eigenvalue weighted by Crippen LogP contribution is -2.43. The van der Waals surface area contributed by atoms with E-state index in [2.05, 4.69) is 6.58 Å². The van der Waals surface area contributed by atoms with Crippen LogP contribution in [0.15, 0.2) is 73.3 Å². The number of nitrogens with two attached hydrogens (primary N) is 1. The van der Waals surface area contributed by atoms with Crippen LogP contribution in [0.3, 0.4) is 0 Å². The van der Waals surface area contributed by atoms with Crippen molar-refractivity contribution in [2.24, 2.45) is 5.73 Å². The van der Waals surface area contributed by atoms with Crippen LogP contribution in [-0.4, -0.2) is 11.9 Å². The molecule has 0 aromatic heterocycles. The van der Waals surface area contributed by atoms with Gasteiger partial charge in [-0.05, 0) is 24.1 Å². The van der Waals surface area contributed by atoms with Gasteiger partial charge in [-0.3, -0.25) is 4.79 Å². The van der Waals surface area contributed by atoms with Crippen molar-refractivity contribution in [3.05, 3.63) is 78.9 Å². The topological polar surface area (TPSA) is 46.3 Å². The predicted octanol–water partition coefficient (Wildman–Crippen LogP) is 3.12. The van der Waals surface area contributed by atoms with Gasteiger partial charge in [0, 0.05) is 5.69 Å². The molecule has 0 aliphatic heterocycles. The fraction of sp³-hybridized carbons (Fsp3) is 0.167. The predicted molar refractivity (Wildman–Crippen MR) is 86.9 cm³/mol. The van der Waals surface area contributed by atoms with E-state index >= 15 is 0 Å². The SMILES string of the molecule is C=CCC(N)C(=O)N(Cc1ccccc1)c1ccccc1. The number of benzene rings is 2. The summed E-state index contributed by atoms with van der Waals surface area (Å²) < 4.78 is 0. The zero-order chi connectivity index (χ0) is 15.1. The first kappa shape index (κ1) is 15.0. The van der Waals surface area contributed by atoms with E-state index in [0.717, 1.165) is 11.3 Å². The third-order valence-electron chi connectivity index (χ3n) is 3.26. The minimum atomic E-state index is -0.564. The molecule has 0 bridgehead atoms. The lowest BCUT2D eigenvalue weighted by atomic mass is 10.1. The van der Waals surface area contributed by atoms with E-state index in [1.807, 2.05) is 60.7 Å². The number of hydrogen-bond acceptors (Lipinski definition) is 2. The van der Waals surface area contributed by atoms with E-state index in [4.69, 9.17) is 5.73 Å². The molecular formula is C18H20N2O. The van der Waals surface area contributed by atoms with E-state index in [9.17, 15) is 4.79 Å². The first-order chi connectivity index (χ1) is 10.2. The van der Waals surface area contributed by atoms with E-state index in [-0.39, 0.29) is 5.91 Å². The van der Waals surface area contributed by atoms with Gasteiger partial charge < -0.3 is 10.6 Å². The molecule has 3 nitrogen and oxygen atoms in total. The highest BCUT2D eigenvalue weighted by Crippen LogP contribution is 2.18. The zero-order valence-electron chi connectivity index (χ0n) is 12.0. The maximum atomic E-state index is 12.6. The second-order valence-electron chi connectivity index (χ2n) is 4.88. The third kappa shape index (κ3) is 4.04. The van der Waals surface area contributed by atoms with Crippen LogP contribution in [0.5, 0.6) is 0 Å². The average Bonchev–Trinajstić information content (AvgIpc) is 2.54. The number of carbonyl (C=O) groups is 1. The molecule has 0 heterocycles. The van der Waals surface area contributed by atoms with Crippen molar-refractivity contribution in [1.29, 1.82) is 0 Å². The van der Waals surface area contributed by atoms with Crippen LogP contribution in [0.25, 0.3) is 0 Å². The first-order valence-electron chi connectivity index (χ1n) is 6.99. The van der Waals surface area contributed by atoms with Gasteiger partial charge in [0.25, 0.3) is 0 Å². The van der Waals surface area contributed by atoms with Crippen LogP contribution in [0, 0.1) is 0 Å². The molecule has 108 valence electrons. The highest BCUT2D eigenvalue weighted by molar-refractivity contribution is 5.97. The Bertz CT molecular complexity index is 581. The van der Waals surface area contributed by atoms with Gasteiger partial charge in [0.1, 0.15) is 0 Å². The summed E-state index contributed by atoms with van der Waals surface area (Å²) in [5, 5.41) is 0. The number of nitrogens with zero attached hydrogens (tertiary/aromatic N) is 1. The number of para-hydroxylation sites is 1. The van der Waals surface area contributed by atoms with Crippen molar-refractivity contribution in [2.45, 2.75) is 19.0 Å². The van der Waals surface area contributed by atoms with Crippen molar-refractivity contribution in [2.75, 3.05) is 4.90 Å². The van der Waals surface area contributed by atoms with Crippen LogP contribution >= 0.6 is 0 Å². The summed E-state index contributed by atoms with van der Waals surface area (Å²) in [5.41, 5.74) is 7.88. The number of rotatable bonds is 6. The van der Waals surface area contributed by atoms with Gasteiger partial charge in [-0.1, -0.05) is 54.6 Å². The lowest BCUT2D eigenvalue weighted by Gasteiger charge is -2.25. The van der Waals surface area contributed by atoms with Gasteiger partial charge >= 0.3 is 0 Å². The van der Waals surface area contributed by atoms with Crippen LogP contribution in [0.2, 0.25) is 0 Å². The number of hydrogen-bond donors (Lipinski definition) is 1. The molecular weight excluding hydrogens is 260 g/mol. The van der Waals surface area contributed by atoms with Crippen LogP contribution in [0.4, 0.5) is 5.69 Å². The molecule has 0 saturated heterocycles. The molecule has 0 radical (unpaired) electrons. The van der Waals surface area contributed by atoms with Crippen molar-refractivity contribution in [3.8, 4) is 0 Å². The molecule has 0 saturated carbocycles. The molecule has 21 heavy (non-hydrogen) atoms. The fourth-order valence-corrected chi connectivity index (χ4v) is 2.15. The second kappa shape index (κ2) is 7.41. The molecule has 0 spiro atoms. The summed E-state index contributed by atoms with van der Waals surface area (Å²) in [6, 6.07) is 18.9. The van der Waals surface area contributed by atoms with Crippen molar-refractivity contribution in [1.82, 2.24) is 0 Å². The van der Waals surface area contributed by atoms with Crippen molar-refractivity contribution >= 4 is 11.6 Å². The Balaban J connectivity index is 2.26. The van der Waals surface area contributed by atoms with Crippen molar-refractivity contribution in [3.63, 3.8) is 0 Å². The molecule has 0 aliphatic carbocycles. The summed E-state index contributed by atoms with van der Waals surface area (Å²) in [5.74, 6) is -0.0926. The summed E-state index contributed by atoms with van der Waals surface area (Å²) in [6.07, 6.45) is 2.14. The third-order valence-corrected chi connectivity index (χ3v) is 3.26. The van der Waals surface area contributed by atoms with Crippen LogP contribution in [0.1, 0.15) is 12.0 Å². The van der Waals surface area contributed by atoms with Crippen LogP contribution in [-0.2, 0) is 11.3 Å². The normalized spacial score (nSPS) is 11.7. The Labute approximate surface area is 125 Å². The minimum absolute atomic E-state index is 0.0926. The zero-order valence-corrected chi connectivity index (χ0v) is 12.0. The van der Waals surface area contributed by atoms with E-state index in [1.54, 1.807) is 11.0 Å². The van der Waals surface area contributed by atoms with E-state index < -0.39 is 6.04 Å². The lowest BCUT2D eigenvalue weighted by molar-refractivity contribution is -0.119. The van der Waals surface area contributed by atoms with E-state index in [0.29, 0.717) is 13.0 Å². The van der Waals surface area contributed by atoms with Gasteiger partial charge in [0.15, 0.2) is 0 Å². The number of amides is 1. The van der Waals surface area contributed by atoms with Gasteiger partial charge in [-0.2, -0.15) is 0 Å².